The van der Waals surface area contributed by atoms with E-state index in [0.717, 1.165) is 24.0 Å². The third kappa shape index (κ3) is 7.49. The second-order valence-electron chi connectivity index (χ2n) is 12.4. The lowest BCUT2D eigenvalue weighted by molar-refractivity contribution is -0.0228. The van der Waals surface area contributed by atoms with E-state index >= 15 is 0 Å². The third-order valence-electron chi connectivity index (χ3n) is 9.78. The van der Waals surface area contributed by atoms with Crippen molar-refractivity contribution in [3.63, 3.8) is 0 Å². The Labute approximate surface area is 295 Å². The number of methoxy groups -OCH3 is 6. The lowest BCUT2D eigenvalue weighted by atomic mass is 10.0. The molecule has 0 amide bonds. The maximum Gasteiger partial charge on any atom is 0.130 e. The Hall–Kier alpha value is -4.48. The Balaban J connectivity index is 1.29. The molecule has 4 aromatic rings. The van der Waals surface area contributed by atoms with Crippen molar-refractivity contribution < 1.29 is 37.9 Å². The maximum atomic E-state index is 6.61. The van der Waals surface area contributed by atoms with Crippen LogP contribution in [0, 0.1) is 0 Å². The van der Waals surface area contributed by atoms with Crippen LogP contribution in [0.25, 0.3) is 0 Å². The first-order valence-corrected chi connectivity index (χ1v) is 16.9. The summed E-state index contributed by atoms with van der Waals surface area (Å²) in [6.45, 7) is 2.25. The molecule has 4 atom stereocenters. The van der Waals surface area contributed by atoms with Crippen LogP contribution in [0.1, 0.15) is 47.2 Å². The molecule has 4 aromatic carbocycles. The molecular weight excluding hydrogens is 636 g/mol. The smallest absolute Gasteiger partial charge is 0.130 e. The maximum absolute atomic E-state index is 6.61. The van der Waals surface area contributed by atoms with Crippen LogP contribution >= 0.6 is 0 Å². The highest BCUT2D eigenvalue weighted by Gasteiger charge is 2.40. The summed E-state index contributed by atoms with van der Waals surface area (Å²) in [7, 11) is 9.97. The summed E-state index contributed by atoms with van der Waals surface area (Å²) in [5.41, 5.74) is 4.27. The van der Waals surface area contributed by atoms with Gasteiger partial charge in [-0.3, -0.25) is 9.80 Å². The minimum atomic E-state index is -0.178. The van der Waals surface area contributed by atoms with Gasteiger partial charge in [0.2, 0.25) is 0 Å². The third-order valence-corrected chi connectivity index (χ3v) is 9.78. The summed E-state index contributed by atoms with van der Waals surface area (Å²) < 4.78 is 47.7. The Bertz CT molecular complexity index is 1510. The van der Waals surface area contributed by atoms with E-state index in [2.05, 4.69) is 58.3 Å². The van der Waals surface area contributed by atoms with Crippen LogP contribution in [0.3, 0.4) is 0 Å². The number of nitrogens with zero attached hydrogens (tertiary/aromatic N) is 2. The van der Waals surface area contributed by atoms with Crippen LogP contribution in [0.2, 0.25) is 0 Å². The molecule has 10 nitrogen and oxygen atoms in total. The van der Waals surface area contributed by atoms with Gasteiger partial charge in [-0.05, 0) is 24.0 Å². The van der Waals surface area contributed by atoms with E-state index in [1.807, 2.05) is 36.4 Å². The van der Waals surface area contributed by atoms with Crippen molar-refractivity contribution in [2.75, 3.05) is 55.9 Å². The molecule has 0 aromatic heterocycles. The topological polar surface area (TPSA) is 80.3 Å². The van der Waals surface area contributed by atoms with Gasteiger partial charge in [-0.1, -0.05) is 60.7 Å². The van der Waals surface area contributed by atoms with Crippen LogP contribution in [0.4, 0.5) is 0 Å². The first kappa shape index (κ1) is 35.3. The Morgan fingerprint density at radius 3 is 1.14 bits per heavy atom. The zero-order valence-electron chi connectivity index (χ0n) is 29.8. The van der Waals surface area contributed by atoms with Gasteiger partial charge in [-0.2, -0.15) is 0 Å². The van der Waals surface area contributed by atoms with Crippen molar-refractivity contribution in [1.29, 1.82) is 0 Å². The Kier molecular flexibility index (Phi) is 11.7. The van der Waals surface area contributed by atoms with E-state index in [4.69, 9.17) is 37.9 Å². The minimum Gasteiger partial charge on any atom is -0.496 e. The number of ether oxygens (including phenoxy) is 8. The Morgan fingerprint density at radius 1 is 0.500 bits per heavy atom. The van der Waals surface area contributed by atoms with Crippen molar-refractivity contribution >= 4 is 0 Å². The molecule has 50 heavy (non-hydrogen) atoms. The molecule has 0 spiro atoms. The van der Waals surface area contributed by atoms with Crippen molar-refractivity contribution in [1.82, 2.24) is 9.80 Å². The van der Waals surface area contributed by atoms with Gasteiger partial charge >= 0.3 is 0 Å². The van der Waals surface area contributed by atoms with Crippen LogP contribution in [-0.4, -0.2) is 78.1 Å². The van der Waals surface area contributed by atoms with Crippen molar-refractivity contribution in [2.45, 2.75) is 50.5 Å². The normalized spacial score (nSPS) is 20.8. The molecule has 0 N–H and O–H groups in total. The molecule has 2 fully saturated rings. The van der Waals surface area contributed by atoms with E-state index in [1.165, 1.54) is 11.1 Å². The monoisotopic (exact) mass is 684 g/mol. The fourth-order valence-corrected chi connectivity index (χ4v) is 7.15. The second kappa shape index (κ2) is 16.5. The Morgan fingerprint density at radius 2 is 0.840 bits per heavy atom. The van der Waals surface area contributed by atoms with Gasteiger partial charge in [0.05, 0.1) is 79.1 Å². The average molecular weight is 685 g/mol. The van der Waals surface area contributed by atoms with Gasteiger partial charge < -0.3 is 37.9 Å². The minimum absolute atomic E-state index is 0.0446. The van der Waals surface area contributed by atoms with Crippen LogP contribution in [0.15, 0.2) is 84.9 Å². The van der Waals surface area contributed by atoms with Gasteiger partial charge in [0.25, 0.3) is 0 Å². The van der Waals surface area contributed by atoms with Crippen LogP contribution in [-0.2, 0) is 22.6 Å². The molecule has 2 saturated heterocycles. The van der Waals surface area contributed by atoms with Crippen molar-refractivity contribution in [3.8, 4) is 34.5 Å². The standard InChI is InChI=1S/C40H48N2O8/c1-43-29-19-35(45-3)31(36(20-29)46-4)23-41-33(27-13-9-7-10-14-27)25-49-39(41)17-18-40-42(34(26-50-40)28-15-11-8-12-16-28)24-32-37(47-5)21-30(44-2)22-38(32)48-6/h7-16,19-22,33-34,39-40H,17-18,23-26H2,1-6H3/t33-,34-,39?,40?/m0/s1. The fourth-order valence-electron chi connectivity index (χ4n) is 7.15. The first-order valence-electron chi connectivity index (χ1n) is 16.9. The molecule has 2 unspecified atom stereocenters. The van der Waals surface area contributed by atoms with E-state index in [1.54, 1.807) is 42.7 Å². The SMILES string of the molecule is COc1cc(OC)c(CN2C(CCC3OC[C@@H](c4ccccc4)N3Cc3c(OC)cc(OC)cc3OC)OC[C@H]2c2ccccc2)c(OC)c1. The summed E-state index contributed by atoms with van der Waals surface area (Å²) in [5.74, 6) is 4.17. The average Bonchev–Trinajstić information content (AvgIpc) is 3.77. The summed E-state index contributed by atoms with van der Waals surface area (Å²) in [4.78, 5) is 4.82. The first-order chi connectivity index (χ1) is 24.5. The lowest BCUT2D eigenvalue weighted by Gasteiger charge is -2.32. The zero-order chi connectivity index (χ0) is 35.0. The lowest BCUT2D eigenvalue weighted by Crippen LogP contribution is -2.36. The van der Waals surface area contributed by atoms with Crippen molar-refractivity contribution in [2.24, 2.45) is 0 Å². The molecule has 0 aliphatic carbocycles. The predicted molar refractivity (Wildman–Crippen MR) is 190 cm³/mol. The van der Waals surface area contributed by atoms with Crippen LogP contribution in [0.5, 0.6) is 34.5 Å². The number of hydrogen-bond donors (Lipinski definition) is 0. The molecule has 2 heterocycles. The fraction of sp³-hybridized carbons (Fsp3) is 0.400. The second-order valence-corrected chi connectivity index (χ2v) is 12.4. The molecular formula is C40H48N2O8. The molecule has 0 saturated carbocycles. The highest BCUT2D eigenvalue weighted by Crippen LogP contribution is 2.43. The van der Waals surface area contributed by atoms with E-state index in [9.17, 15) is 0 Å². The summed E-state index contributed by atoms with van der Waals surface area (Å²) >= 11 is 0. The highest BCUT2D eigenvalue weighted by molar-refractivity contribution is 5.52. The van der Waals surface area contributed by atoms with Crippen LogP contribution < -0.4 is 28.4 Å². The highest BCUT2D eigenvalue weighted by atomic mass is 16.5. The number of benzene rings is 4. The number of hydrogen-bond acceptors (Lipinski definition) is 10. The molecule has 0 bridgehead atoms. The largest absolute Gasteiger partial charge is 0.496 e. The zero-order valence-corrected chi connectivity index (χ0v) is 29.8. The van der Waals surface area contributed by atoms with Gasteiger partial charge in [0.1, 0.15) is 47.0 Å². The summed E-state index contributed by atoms with van der Waals surface area (Å²) in [5, 5.41) is 0. The molecule has 2 aliphatic rings. The summed E-state index contributed by atoms with van der Waals surface area (Å²) in [6.07, 6.45) is 1.12. The molecule has 266 valence electrons. The van der Waals surface area contributed by atoms with E-state index in [0.29, 0.717) is 60.8 Å². The molecule has 2 aliphatic heterocycles. The predicted octanol–water partition coefficient (Wildman–Crippen LogP) is 7.02. The van der Waals surface area contributed by atoms with Crippen molar-refractivity contribution in [3.05, 3.63) is 107 Å². The van der Waals surface area contributed by atoms with Gasteiger partial charge in [0.15, 0.2) is 0 Å². The quantitative estimate of drug-likeness (QED) is 0.130. The van der Waals surface area contributed by atoms with E-state index < -0.39 is 0 Å². The van der Waals surface area contributed by atoms with Gasteiger partial charge in [-0.15, -0.1) is 0 Å². The molecule has 0 radical (unpaired) electrons. The van der Waals surface area contributed by atoms with E-state index in [-0.39, 0.29) is 24.5 Å². The van der Waals surface area contributed by atoms with Gasteiger partial charge in [-0.25, -0.2) is 0 Å². The summed E-state index contributed by atoms with van der Waals surface area (Å²) in [6, 6.07) is 28.7. The molecule has 6 rings (SSSR count). The van der Waals surface area contributed by atoms with Gasteiger partial charge in [0, 0.05) is 37.4 Å². The molecule has 10 heteroatoms. The number of rotatable bonds is 15.